The molecule has 0 radical (unpaired) electrons. The summed E-state index contributed by atoms with van der Waals surface area (Å²) in [6.07, 6.45) is 1.64. The number of likely N-dealkylation sites (N-methyl/N-ethyl adjacent to an activating group) is 1. The summed E-state index contributed by atoms with van der Waals surface area (Å²) >= 11 is 0. The molecule has 0 bridgehead atoms. The third-order valence-electron chi connectivity index (χ3n) is 6.51. The van der Waals surface area contributed by atoms with Crippen LogP contribution < -0.4 is 20.9 Å². The third-order valence-corrected chi connectivity index (χ3v) is 6.51. The Labute approximate surface area is 188 Å². The van der Waals surface area contributed by atoms with Crippen molar-refractivity contribution in [2.24, 2.45) is 0 Å². The van der Waals surface area contributed by atoms with Crippen molar-refractivity contribution in [3.05, 3.63) is 65.2 Å². The third kappa shape index (κ3) is 4.12. The molecule has 2 aromatic rings. The molecule has 2 heterocycles. The van der Waals surface area contributed by atoms with Gasteiger partial charge < -0.3 is 16.0 Å². The maximum absolute atomic E-state index is 13.6. The molecule has 0 spiro atoms. The Balaban J connectivity index is 1.60. The summed E-state index contributed by atoms with van der Waals surface area (Å²) in [6.45, 7) is 3.69. The molecule has 3 amide bonds. The van der Waals surface area contributed by atoms with Gasteiger partial charge >= 0.3 is 0 Å². The highest BCUT2D eigenvalue weighted by molar-refractivity contribution is 6.08. The van der Waals surface area contributed by atoms with Gasteiger partial charge in [0.25, 0.3) is 0 Å². The van der Waals surface area contributed by atoms with Crippen molar-refractivity contribution in [3.8, 4) is 0 Å². The number of benzene rings is 2. The summed E-state index contributed by atoms with van der Waals surface area (Å²) in [5.41, 5.74) is 3.88. The fraction of sp³-hybridized carbons (Fsp3) is 0.400. The molecule has 0 aliphatic carbocycles. The molecule has 4 rings (SSSR count). The van der Waals surface area contributed by atoms with Crippen molar-refractivity contribution in [2.45, 2.75) is 57.3 Å². The molecular formula is C25H30N4O3. The van der Waals surface area contributed by atoms with Gasteiger partial charge in [0.15, 0.2) is 0 Å². The molecule has 168 valence electrons. The first kappa shape index (κ1) is 22.0. The van der Waals surface area contributed by atoms with E-state index in [4.69, 9.17) is 0 Å². The molecule has 0 saturated carbocycles. The highest BCUT2D eigenvalue weighted by Crippen LogP contribution is 2.39. The van der Waals surface area contributed by atoms with Crippen molar-refractivity contribution >= 4 is 23.4 Å². The van der Waals surface area contributed by atoms with Gasteiger partial charge in [0.2, 0.25) is 17.7 Å². The van der Waals surface area contributed by atoms with Crippen LogP contribution in [0.4, 0.5) is 5.69 Å². The van der Waals surface area contributed by atoms with Crippen molar-refractivity contribution < 1.29 is 14.4 Å². The molecule has 2 aliphatic heterocycles. The number of anilines is 1. The molecule has 3 N–H and O–H groups in total. The van der Waals surface area contributed by atoms with Crippen LogP contribution in [0.25, 0.3) is 0 Å². The molecule has 2 aliphatic rings. The van der Waals surface area contributed by atoms with E-state index >= 15 is 0 Å². The predicted molar refractivity (Wildman–Crippen MR) is 123 cm³/mol. The number of nitrogens with one attached hydrogen (secondary N) is 3. The fourth-order valence-electron chi connectivity index (χ4n) is 4.54. The second-order valence-corrected chi connectivity index (χ2v) is 8.60. The summed E-state index contributed by atoms with van der Waals surface area (Å²) in [7, 11) is 1.70. The SMILES string of the molecule is CN[C@@H](C)C(=O)N[C@H]1CCc2cccc3c2N(C1=O)[C@H](C(=O)N[C@H](C)c1ccccc1)C3. The number of hydrogen-bond donors (Lipinski definition) is 3. The largest absolute Gasteiger partial charge is 0.348 e. The molecule has 7 nitrogen and oxygen atoms in total. The van der Waals surface area contributed by atoms with Crippen molar-refractivity contribution in [1.29, 1.82) is 0 Å². The van der Waals surface area contributed by atoms with Crippen LogP contribution in [0.3, 0.4) is 0 Å². The maximum atomic E-state index is 13.6. The van der Waals surface area contributed by atoms with E-state index in [0.717, 1.165) is 22.4 Å². The van der Waals surface area contributed by atoms with E-state index in [0.29, 0.717) is 19.3 Å². The van der Waals surface area contributed by atoms with E-state index in [2.05, 4.69) is 16.0 Å². The van der Waals surface area contributed by atoms with Gasteiger partial charge in [-0.1, -0.05) is 48.5 Å². The lowest BCUT2D eigenvalue weighted by atomic mass is 10.0. The molecule has 0 fully saturated rings. The molecule has 0 aromatic heterocycles. The number of rotatable bonds is 6. The standard InChI is InChI=1S/C25H30N4O3/c1-15(17-8-5-4-6-9-17)27-24(31)21-14-19-11-7-10-18-12-13-20(25(32)29(21)22(18)19)28-23(30)16(2)26-3/h4-11,15-16,20-21,26H,12-14H2,1-3H3,(H,27,31)(H,28,30)/t15-,16+,20+,21+/m1/s1. The van der Waals surface area contributed by atoms with Crippen LogP contribution in [-0.4, -0.2) is 42.9 Å². The van der Waals surface area contributed by atoms with Gasteiger partial charge in [-0.3, -0.25) is 19.3 Å². The monoisotopic (exact) mass is 434 g/mol. The Kier molecular flexibility index (Phi) is 6.28. The van der Waals surface area contributed by atoms with Crippen LogP contribution in [0.5, 0.6) is 0 Å². The van der Waals surface area contributed by atoms with Crippen LogP contribution in [0.2, 0.25) is 0 Å². The average molecular weight is 435 g/mol. The van der Waals surface area contributed by atoms with Gasteiger partial charge in [0, 0.05) is 6.42 Å². The van der Waals surface area contributed by atoms with Crippen LogP contribution in [0.1, 0.15) is 43.0 Å². The zero-order valence-electron chi connectivity index (χ0n) is 18.7. The Morgan fingerprint density at radius 3 is 2.47 bits per heavy atom. The smallest absolute Gasteiger partial charge is 0.250 e. The summed E-state index contributed by atoms with van der Waals surface area (Å²) in [5.74, 6) is -0.639. The van der Waals surface area contributed by atoms with E-state index in [1.54, 1.807) is 18.9 Å². The first-order valence-corrected chi connectivity index (χ1v) is 11.2. The molecule has 0 saturated heterocycles. The quantitative estimate of drug-likeness (QED) is 0.647. The van der Waals surface area contributed by atoms with Crippen molar-refractivity contribution in [3.63, 3.8) is 0 Å². The molecule has 2 aromatic carbocycles. The van der Waals surface area contributed by atoms with Gasteiger partial charge in [-0.05, 0) is 50.4 Å². The number of hydrogen-bond acceptors (Lipinski definition) is 4. The summed E-state index contributed by atoms with van der Waals surface area (Å²) in [4.78, 5) is 41.0. The van der Waals surface area contributed by atoms with Gasteiger partial charge in [-0.15, -0.1) is 0 Å². The number of carbonyl (C=O) groups is 3. The Morgan fingerprint density at radius 1 is 1.03 bits per heavy atom. The van der Waals surface area contributed by atoms with Crippen molar-refractivity contribution in [1.82, 2.24) is 16.0 Å². The van der Waals surface area contributed by atoms with E-state index in [1.807, 2.05) is 55.5 Å². The van der Waals surface area contributed by atoms with Crippen LogP contribution in [0, 0.1) is 0 Å². The van der Waals surface area contributed by atoms with Gasteiger partial charge in [-0.2, -0.15) is 0 Å². The highest BCUT2D eigenvalue weighted by Gasteiger charge is 2.44. The predicted octanol–water partition coefficient (Wildman–Crippen LogP) is 1.86. The van der Waals surface area contributed by atoms with Crippen LogP contribution >= 0.6 is 0 Å². The fourth-order valence-corrected chi connectivity index (χ4v) is 4.54. The second-order valence-electron chi connectivity index (χ2n) is 8.60. The average Bonchev–Trinajstić information content (AvgIpc) is 3.15. The van der Waals surface area contributed by atoms with Crippen molar-refractivity contribution in [2.75, 3.05) is 11.9 Å². The topological polar surface area (TPSA) is 90.5 Å². The minimum atomic E-state index is -0.668. The van der Waals surface area contributed by atoms with E-state index < -0.39 is 18.1 Å². The first-order valence-electron chi connectivity index (χ1n) is 11.2. The van der Waals surface area contributed by atoms with Gasteiger partial charge in [-0.25, -0.2) is 0 Å². The zero-order valence-corrected chi connectivity index (χ0v) is 18.7. The summed E-state index contributed by atoms with van der Waals surface area (Å²) < 4.78 is 0. The highest BCUT2D eigenvalue weighted by atomic mass is 16.2. The lowest BCUT2D eigenvalue weighted by molar-refractivity contribution is -0.130. The van der Waals surface area contributed by atoms with Crippen LogP contribution in [0.15, 0.2) is 48.5 Å². The Bertz CT molecular complexity index is 1020. The number of nitrogens with zero attached hydrogens (tertiary/aromatic N) is 1. The number of aryl methyl sites for hydroxylation is 1. The van der Waals surface area contributed by atoms with E-state index in [1.165, 1.54) is 0 Å². The van der Waals surface area contributed by atoms with Gasteiger partial charge in [0.05, 0.1) is 17.8 Å². The van der Waals surface area contributed by atoms with E-state index in [-0.39, 0.29) is 23.8 Å². The summed E-state index contributed by atoms with van der Waals surface area (Å²) in [5, 5.41) is 8.86. The number of para-hydroxylation sites is 1. The normalized spacial score (nSPS) is 21.3. The number of carbonyl (C=O) groups excluding carboxylic acids is 3. The molecule has 4 atom stereocenters. The summed E-state index contributed by atoms with van der Waals surface area (Å²) in [6, 6.07) is 13.8. The number of amides is 3. The molecular weight excluding hydrogens is 404 g/mol. The minimum Gasteiger partial charge on any atom is -0.348 e. The minimum absolute atomic E-state index is 0.180. The Hall–Kier alpha value is -3.19. The zero-order chi connectivity index (χ0) is 22.8. The maximum Gasteiger partial charge on any atom is 0.250 e. The Morgan fingerprint density at radius 2 is 1.75 bits per heavy atom. The first-order chi connectivity index (χ1) is 15.4. The second kappa shape index (κ2) is 9.12. The van der Waals surface area contributed by atoms with Crippen LogP contribution in [-0.2, 0) is 27.2 Å². The molecule has 0 unspecified atom stereocenters. The molecule has 32 heavy (non-hydrogen) atoms. The lowest BCUT2D eigenvalue weighted by Gasteiger charge is -2.29. The lowest BCUT2D eigenvalue weighted by Crippen LogP contribution is -2.56. The van der Waals surface area contributed by atoms with E-state index in [9.17, 15) is 14.4 Å². The van der Waals surface area contributed by atoms with Gasteiger partial charge in [0.1, 0.15) is 12.1 Å². The molecule has 7 heteroatoms.